The SMILES string of the molecule is Cc1ccc(N)cc1S(=O)(=O)N(C)C(C)C(C)(C)C. The average molecular weight is 284 g/mol. The fourth-order valence-corrected chi connectivity index (χ4v) is 3.61. The minimum absolute atomic E-state index is 0.113. The second-order valence-corrected chi connectivity index (χ2v) is 8.05. The predicted octanol–water partition coefficient (Wildman–Crippen LogP) is 2.63. The number of sulfonamides is 1. The van der Waals surface area contributed by atoms with Crippen LogP contribution in [0.3, 0.4) is 0 Å². The van der Waals surface area contributed by atoms with E-state index < -0.39 is 10.0 Å². The van der Waals surface area contributed by atoms with Crippen LogP contribution < -0.4 is 5.73 Å². The summed E-state index contributed by atoms with van der Waals surface area (Å²) in [6.45, 7) is 9.77. The van der Waals surface area contributed by atoms with E-state index in [1.54, 1.807) is 26.1 Å². The quantitative estimate of drug-likeness (QED) is 0.868. The summed E-state index contributed by atoms with van der Waals surface area (Å²) < 4.78 is 26.8. The second-order valence-electron chi connectivity index (χ2n) is 6.09. The van der Waals surface area contributed by atoms with Crippen molar-refractivity contribution in [1.82, 2.24) is 4.31 Å². The van der Waals surface area contributed by atoms with Crippen LogP contribution in [0.25, 0.3) is 0 Å². The van der Waals surface area contributed by atoms with Gasteiger partial charge >= 0.3 is 0 Å². The van der Waals surface area contributed by atoms with Gasteiger partial charge in [-0.05, 0) is 37.0 Å². The summed E-state index contributed by atoms with van der Waals surface area (Å²) in [5.74, 6) is 0. The molecule has 0 aliphatic heterocycles. The van der Waals surface area contributed by atoms with E-state index >= 15 is 0 Å². The molecule has 0 aromatic heterocycles. The highest BCUT2D eigenvalue weighted by Gasteiger charge is 2.33. The van der Waals surface area contributed by atoms with Crippen molar-refractivity contribution in [1.29, 1.82) is 0 Å². The Bertz CT molecular complexity index is 559. The highest BCUT2D eigenvalue weighted by atomic mass is 32.2. The van der Waals surface area contributed by atoms with Crippen molar-refractivity contribution in [2.45, 2.75) is 45.6 Å². The van der Waals surface area contributed by atoms with Crippen molar-refractivity contribution in [2.75, 3.05) is 12.8 Å². The summed E-state index contributed by atoms with van der Waals surface area (Å²) >= 11 is 0. The molecule has 0 aliphatic rings. The first-order chi connectivity index (χ1) is 8.48. The van der Waals surface area contributed by atoms with Crippen LogP contribution in [-0.4, -0.2) is 25.8 Å². The van der Waals surface area contributed by atoms with Gasteiger partial charge in [0, 0.05) is 18.8 Å². The molecule has 0 aliphatic carbocycles. The van der Waals surface area contributed by atoms with E-state index in [9.17, 15) is 8.42 Å². The van der Waals surface area contributed by atoms with Gasteiger partial charge in [-0.3, -0.25) is 0 Å². The van der Waals surface area contributed by atoms with Gasteiger partial charge in [0.1, 0.15) is 0 Å². The number of nitrogens with zero attached hydrogens (tertiary/aromatic N) is 1. The van der Waals surface area contributed by atoms with Crippen molar-refractivity contribution in [3.05, 3.63) is 23.8 Å². The van der Waals surface area contributed by atoms with E-state index in [4.69, 9.17) is 5.73 Å². The van der Waals surface area contributed by atoms with Gasteiger partial charge in [-0.25, -0.2) is 8.42 Å². The molecule has 0 spiro atoms. The van der Waals surface area contributed by atoms with Crippen molar-refractivity contribution >= 4 is 15.7 Å². The third-order valence-electron chi connectivity index (χ3n) is 3.67. The standard InChI is InChI=1S/C14H24N2O2S/c1-10-7-8-12(15)9-13(10)19(17,18)16(6)11(2)14(3,4)5/h7-9,11H,15H2,1-6H3. The Morgan fingerprint density at radius 2 is 1.79 bits per heavy atom. The third kappa shape index (κ3) is 3.28. The maximum Gasteiger partial charge on any atom is 0.243 e. The molecule has 0 saturated heterocycles. The smallest absolute Gasteiger partial charge is 0.243 e. The Kier molecular flexibility index (Phi) is 4.32. The Labute approximate surface area is 116 Å². The first kappa shape index (κ1) is 16.0. The molecule has 0 saturated carbocycles. The van der Waals surface area contributed by atoms with Crippen LogP contribution in [0.4, 0.5) is 5.69 Å². The van der Waals surface area contributed by atoms with Gasteiger partial charge in [0.25, 0.3) is 0 Å². The fourth-order valence-electron chi connectivity index (χ4n) is 1.80. The Balaban J connectivity index is 3.28. The molecule has 1 atom stereocenters. The summed E-state index contributed by atoms with van der Waals surface area (Å²) in [4.78, 5) is 0.283. The summed E-state index contributed by atoms with van der Waals surface area (Å²) in [5.41, 5.74) is 6.74. The number of nitrogens with two attached hydrogens (primary N) is 1. The number of anilines is 1. The van der Waals surface area contributed by atoms with Crippen molar-refractivity contribution < 1.29 is 8.42 Å². The molecule has 0 radical (unpaired) electrons. The zero-order valence-electron chi connectivity index (χ0n) is 12.6. The van der Waals surface area contributed by atoms with E-state index in [2.05, 4.69) is 0 Å². The van der Waals surface area contributed by atoms with Gasteiger partial charge in [0.2, 0.25) is 10.0 Å². The lowest BCUT2D eigenvalue weighted by atomic mass is 9.88. The van der Waals surface area contributed by atoms with Gasteiger partial charge in [-0.2, -0.15) is 4.31 Å². The number of hydrogen-bond donors (Lipinski definition) is 1. The first-order valence-electron chi connectivity index (χ1n) is 6.32. The number of nitrogen functional groups attached to an aromatic ring is 1. The molecule has 1 unspecified atom stereocenters. The minimum Gasteiger partial charge on any atom is -0.399 e. The van der Waals surface area contributed by atoms with Crippen LogP contribution in [0.2, 0.25) is 0 Å². The molecular formula is C14H24N2O2S. The summed E-state index contributed by atoms with van der Waals surface area (Å²) in [6.07, 6.45) is 0. The molecular weight excluding hydrogens is 260 g/mol. The molecule has 1 aromatic rings. The highest BCUT2D eigenvalue weighted by Crippen LogP contribution is 2.29. The van der Waals surface area contributed by atoms with Crippen LogP contribution in [-0.2, 0) is 10.0 Å². The fraction of sp³-hybridized carbons (Fsp3) is 0.571. The highest BCUT2D eigenvalue weighted by molar-refractivity contribution is 7.89. The number of hydrogen-bond acceptors (Lipinski definition) is 3. The molecule has 0 amide bonds. The molecule has 108 valence electrons. The number of rotatable bonds is 3. The Hall–Kier alpha value is -1.07. The number of aryl methyl sites for hydroxylation is 1. The van der Waals surface area contributed by atoms with Gasteiger partial charge < -0.3 is 5.73 Å². The second kappa shape index (κ2) is 5.13. The van der Waals surface area contributed by atoms with E-state index in [1.807, 2.05) is 27.7 Å². The molecule has 0 bridgehead atoms. The molecule has 19 heavy (non-hydrogen) atoms. The predicted molar refractivity (Wildman–Crippen MR) is 79.5 cm³/mol. The topological polar surface area (TPSA) is 63.4 Å². The van der Waals surface area contributed by atoms with Crippen LogP contribution in [0.1, 0.15) is 33.3 Å². The van der Waals surface area contributed by atoms with Crippen LogP contribution >= 0.6 is 0 Å². The summed E-state index contributed by atoms with van der Waals surface area (Å²) in [6, 6.07) is 4.86. The zero-order chi connectivity index (χ0) is 15.0. The van der Waals surface area contributed by atoms with E-state index in [1.165, 1.54) is 10.4 Å². The molecule has 4 nitrogen and oxygen atoms in total. The lowest BCUT2D eigenvalue weighted by Gasteiger charge is -2.34. The van der Waals surface area contributed by atoms with Crippen LogP contribution in [0, 0.1) is 12.3 Å². The van der Waals surface area contributed by atoms with Crippen molar-refractivity contribution in [2.24, 2.45) is 5.41 Å². The molecule has 2 N–H and O–H groups in total. The molecule has 1 rings (SSSR count). The maximum atomic E-state index is 12.7. The molecule has 5 heteroatoms. The monoisotopic (exact) mass is 284 g/mol. The van der Waals surface area contributed by atoms with Crippen LogP contribution in [0.5, 0.6) is 0 Å². The van der Waals surface area contributed by atoms with Crippen molar-refractivity contribution in [3.8, 4) is 0 Å². The minimum atomic E-state index is -3.52. The Morgan fingerprint density at radius 3 is 2.26 bits per heavy atom. The van der Waals surface area contributed by atoms with E-state index in [0.717, 1.165) is 0 Å². The van der Waals surface area contributed by atoms with Crippen molar-refractivity contribution in [3.63, 3.8) is 0 Å². The third-order valence-corrected chi connectivity index (χ3v) is 5.74. The van der Waals surface area contributed by atoms with E-state index in [0.29, 0.717) is 11.3 Å². The van der Waals surface area contributed by atoms with Gasteiger partial charge in [-0.15, -0.1) is 0 Å². The molecule has 0 heterocycles. The lowest BCUT2D eigenvalue weighted by Crippen LogP contribution is -2.43. The maximum absolute atomic E-state index is 12.7. The summed E-state index contributed by atoms with van der Waals surface area (Å²) in [5, 5.41) is 0. The first-order valence-corrected chi connectivity index (χ1v) is 7.76. The summed E-state index contributed by atoms with van der Waals surface area (Å²) in [7, 11) is -1.90. The zero-order valence-corrected chi connectivity index (χ0v) is 13.4. The van der Waals surface area contributed by atoms with Gasteiger partial charge in [0.15, 0.2) is 0 Å². The van der Waals surface area contributed by atoms with Crippen LogP contribution in [0.15, 0.2) is 23.1 Å². The van der Waals surface area contributed by atoms with E-state index in [-0.39, 0.29) is 16.4 Å². The Morgan fingerprint density at radius 1 is 1.26 bits per heavy atom. The van der Waals surface area contributed by atoms with Gasteiger partial charge in [0.05, 0.1) is 4.90 Å². The normalized spacial score (nSPS) is 14.7. The molecule has 0 fully saturated rings. The largest absolute Gasteiger partial charge is 0.399 e. The average Bonchev–Trinajstić information content (AvgIpc) is 2.28. The lowest BCUT2D eigenvalue weighted by molar-refractivity contribution is 0.216. The van der Waals surface area contributed by atoms with Gasteiger partial charge in [-0.1, -0.05) is 26.8 Å². The molecule has 1 aromatic carbocycles. The number of benzene rings is 1.